The van der Waals surface area contributed by atoms with Crippen LogP contribution in [-0.4, -0.2) is 66.2 Å². The molecule has 0 saturated carbocycles. The van der Waals surface area contributed by atoms with Crippen molar-refractivity contribution in [2.45, 2.75) is 30.7 Å². The Bertz CT molecular complexity index is 444. The van der Waals surface area contributed by atoms with E-state index in [2.05, 4.69) is 5.32 Å². The number of thioether (sulfide) groups is 1. The lowest BCUT2D eigenvalue weighted by atomic mass is 10.2. The van der Waals surface area contributed by atoms with E-state index in [9.17, 15) is 14.4 Å². The van der Waals surface area contributed by atoms with Crippen molar-refractivity contribution in [2.75, 3.05) is 32.6 Å². The molecule has 118 valence electrons. The maximum atomic E-state index is 12.1. The fourth-order valence-electron chi connectivity index (χ4n) is 2.57. The topological polar surface area (TPSA) is 84.9 Å². The van der Waals surface area contributed by atoms with Crippen molar-refractivity contribution < 1.29 is 23.9 Å². The van der Waals surface area contributed by atoms with Crippen molar-refractivity contribution >= 4 is 29.5 Å². The van der Waals surface area contributed by atoms with Gasteiger partial charge in [0.1, 0.15) is 6.04 Å². The highest BCUT2D eigenvalue weighted by Crippen LogP contribution is 2.47. The molecule has 1 N–H and O–H groups in total. The molecule has 0 radical (unpaired) electrons. The number of rotatable bonds is 6. The second-order valence-corrected chi connectivity index (χ2v) is 6.72. The second kappa shape index (κ2) is 6.65. The predicted molar refractivity (Wildman–Crippen MR) is 76.6 cm³/mol. The normalized spacial score (nSPS) is 27.6. The van der Waals surface area contributed by atoms with Crippen molar-refractivity contribution in [3.8, 4) is 0 Å². The third kappa shape index (κ3) is 3.49. The number of fused-ring (bicyclic) bond motifs is 1. The molecule has 2 saturated heterocycles. The largest absolute Gasteiger partial charge is 0.454 e. The lowest BCUT2D eigenvalue weighted by molar-refractivity contribution is -0.156. The van der Waals surface area contributed by atoms with Gasteiger partial charge in [0.05, 0.1) is 11.5 Å². The fraction of sp³-hybridized carbons (Fsp3) is 0.769. The average Bonchev–Trinajstić information content (AvgIpc) is 2.94. The van der Waals surface area contributed by atoms with Gasteiger partial charge < -0.3 is 19.7 Å². The third-order valence-electron chi connectivity index (χ3n) is 3.69. The number of esters is 1. The van der Waals surface area contributed by atoms with Gasteiger partial charge in [0, 0.05) is 25.8 Å². The van der Waals surface area contributed by atoms with E-state index in [1.54, 1.807) is 16.7 Å². The Balaban J connectivity index is 1.81. The van der Waals surface area contributed by atoms with E-state index in [4.69, 9.17) is 9.47 Å². The molecule has 2 aliphatic rings. The molecule has 2 atom stereocenters. The summed E-state index contributed by atoms with van der Waals surface area (Å²) >= 11 is 1.59. The molecule has 0 aromatic rings. The Morgan fingerprint density at radius 1 is 1.52 bits per heavy atom. The molecule has 21 heavy (non-hydrogen) atoms. The van der Waals surface area contributed by atoms with Gasteiger partial charge in [-0.25, -0.2) is 4.79 Å². The summed E-state index contributed by atoms with van der Waals surface area (Å²) in [4.78, 5) is 36.7. The molecule has 0 unspecified atom stereocenters. The zero-order valence-corrected chi connectivity index (χ0v) is 13.0. The summed E-state index contributed by atoms with van der Waals surface area (Å²) in [7, 11) is 1.54. The van der Waals surface area contributed by atoms with Gasteiger partial charge in [-0.15, -0.1) is 11.8 Å². The first kappa shape index (κ1) is 16.1. The highest BCUT2D eigenvalue weighted by atomic mass is 32.2. The highest BCUT2D eigenvalue weighted by molar-refractivity contribution is 8.01. The van der Waals surface area contributed by atoms with Gasteiger partial charge in [0.15, 0.2) is 6.61 Å². The minimum absolute atomic E-state index is 0.0194. The summed E-state index contributed by atoms with van der Waals surface area (Å²) in [5, 5.41) is 2.57. The van der Waals surface area contributed by atoms with Gasteiger partial charge in [0.25, 0.3) is 5.91 Å². The third-order valence-corrected chi connectivity index (χ3v) is 5.20. The van der Waals surface area contributed by atoms with Crippen molar-refractivity contribution in [1.82, 2.24) is 10.2 Å². The molecule has 7 nitrogen and oxygen atoms in total. The van der Waals surface area contributed by atoms with Crippen LogP contribution in [0.15, 0.2) is 0 Å². The maximum absolute atomic E-state index is 12.1. The monoisotopic (exact) mass is 316 g/mol. The van der Waals surface area contributed by atoms with Crippen LogP contribution in [0, 0.1) is 0 Å². The van der Waals surface area contributed by atoms with Crippen LogP contribution in [0.4, 0.5) is 0 Å². The van der Waals surface area contributed by atoms with Crippen molar-refractivity contribution in [3.05, 3.63) is 0 Å². The molecule has 0 bridgehead atoms. The molecular formula is C13H20N2O5S. The van der Waals surface area contributed by atoms with E-state index in [1.165, 1.54) is 7.11 Å². The first-order valence-corrected chi connectivity index (χ1v) is 7.85. The van der Waals surface area contributed by atoms with Crippen LogP contribution in [0.2, 0.25) is 0 Å². The van der Waals surface area contributed by atoms with Crippen molar-refractivity contribution in [2.24, 2.45) is 0 Å². The molecule has 2 amide bonds. The zero-order valence-electron chi connectivity index (χ0n) is 12.2. The number of hydrogen-bond acceptors (Lipinski definition) is 6. The van der Waals surface area contributed by atoms with Crippen molar-refractivity contribution in [3.63, 3.8) is 0 Å². The molecule has 2 fully saturated rings. The minimum Gasteiger partial charge on any atom is -0.454 e. The average molecular weight is 316 g/mol. The Morgan fingerprint density at radius 3 is 3.00 bits per heavy atom. The SMILES string of the molecule is COCCNC(=O)COC(=O)[C@@H]1CS[C@]2(C)CCC(=O)N12. The molecule has 0 aromatic heterocycles. The van der Waals surface area contributed by atoms with Crippen LogP contribution in [-0.2, 0) is 23.9 Å². The summed E-state index contributed by atoms with van der Waals surface area (Å²) < 4.78 is 9.82. The summed E-state index contributed by atoms with van der Waals surface area (Å²) in [5.41, 5.74) is 0. The molecule has 0 aliphatic carbocycles. The van der Waals surface area contributed by atoms with E-state index < -0.39 is 12.0 Å². The summed E-state index contributed by atoms with van der Waals surface area (Å²) in [6.45, 7) is 2.41. The molecule has 2 aliphatic heterocycles. The molecular weight excluding hydrogens is 296 g/mol. The first-order chi connectivity index (χ1) is 9.98. The molecule has 8 heteroatoms. The lowest BCUT2D eigenvalue weighted by Crippen LogP contribution is -2.47. The van der Waals surface area contributed by atoms with E-state index >= 15 is 0 Å². The van der Waals surface area contributed by atoms with Gasteiger partial charge in [-0.05, 0) is 13.3 Å². The molecule has 2 rings (SSSR count). The number of methoxy groups -OCH3 is 1. The van der Waals surface area contributed by atoms with Crippen LogP contribution >= 0.6 is 11.8 Å². The van der Waals surface area contributed by atoms with E-state index in [0.717, 1.165) is 6.42 Å². The number of nitrogens with one attached hydrogen (secondary N) is 1. The fourth-order valence-corrected chi connectivity index (χ4v) is 3.99. The molecule has 2 heterocycles. The number of carbonyl (C=O) groups excluding carboxylic acids is 3. The van der Waals surface area contributed by atoms with Crippen molar-refractivity contribution in [1.29, 1.82) is 0 Å². The molecule has 0 spiro atoms. The van der Waals surface area contributed by atoms with Crippen LogP contribution in [0.1, 0.15) is 19.8 Å². The van der Waals surface area contributed by atoms with Crippen LogP contribution in [0.3, 0.4) is 0 Å². The number of hydrogen-bond donors (Lipinski definition) is 1. The van der Waals surface area contributed by atoms with Crippen LogP contribution < -0.4 is 5.32 Å². The number of carbonyl (C=O) groups is 3. The maximum Gasteiger partial charge on any atom is 0.330 e. The Hall–Kier alpha value is -1.28. The summed E-state index contributed by atoms with van der Waals surface area (Å²) in [5.74, 6) is -0.384. The summed E-state index contributed by atoms with van der Waals surface area (Å²) in [6, 6.07) is -0.582. The van der Waals surface area contributed by atoms with Crippen LogP contribution in [0.5, 0.6) is 0 Å². The minimum atomic E-state index is -0.582. The van der Waals surface area contributed by atoms with Gasteiger partial charge in [-0.3, -0.25) is 9.59 Å². The standard InChI is InChI=1S/C13H20N2O5S/c1-13-4-3-11(17)15(13)9(8-21-13)12(18)20-7-10(16)14-5-6-19-2/h9H,3-8H2,1-2H3,(H,14,16)/t9-,13+/m0/s1. The quantitative estimate of drug-likeness (QED) is 0.537. The Kier molecular flexibility index (Phi) is 5.10. The second-order valence-electron chi connectivity index (χ2n) is 5.22. The number of amides is 2. The molecule has 0 aromatic carbocycles. The Labute approximate surface area is 127 Å². The van der Waals surface area contributed by atoms with Gasteiger partial charge in [-0.2, -0.15) is 0 Å². The van der Waals surface area contributed by atoms with Gasteiger partial charge >= 0.3 is 5.97 Å². The predicted octanol–water partition coefficient (Wildman–Crippen LogP) is -0.254. The van der Waals surface area contributed by atoms with E-state index in [1.807, 2.05) is 6.92 Å². The number of ether oxygens (including phenoxy) is 2. The summed E-state index contributed by atoms with van der Waals surface area (Å²) in [6.07, 6.45) is 1.21. The van der Waals surface area contributed by atoms with Crippen LogP contribution in [0.25, 0.3) is 0 Å². The van der Waals surface area contributed by atoms with Gasteiger partial charge in [-0.1, -0.05) is 0 Å². The van der Waals surface area contributed by atoms with E-state index in [-0.39, 0.29) is 23.3 Å². The zero-order chi connectivity index (χ0) is 15.5. The highest BCUT2D eigenvalue weighted by Gasteiger charge is 2.53. The first-order valence-electron chi connectivity index (χ1n) is 6.86. The Morgan fingerprint density at radius 2 is 2.29 bits per heavy atom. The smallest absolute Gasteiger partial charge is 0.330 e. The lowest BCUT2D eigenvalue weighted by Gasteiger charge is -2.29. The number of nitrogens with zero attached hydrogens (tertiary/aromatic N) is 1. The van der Waals surface area contributed by atoms with Gasteiger partial charge in [0.2, 0.25) is 5.91 Å². The van der Waals surface area contributed by atoms with E-state index in [0.29, 0.717) is 25.3 Å².